The third-order valence-electron chi connectivity index (χ3n) is 2.88. The molecule has 0 amide bonds. The molecule has 0 aliphatic rings. The smallest absolute Gasteiger partial charge is 0.265 e. The Labute approximate surface area is 114 Å². The zero-order chi connectivity index (χ0) is 14.1. The lowest BCUT2D eigenvalue weighted by Gasteiger charge is -2.07. The van der Waals surface area contributed by atoms with Gasteiger partial charge < -0.3 is 4.74 Å². The van der Waals surface area contributed by atoms with Crippen LogP contribution in [0.25, 0.3) is 10.4 Å². The number of nitriles is 1. The van der Waals surface area contributed by atoms with E-state index in [9.17, 15) is 0 Å². The van der Waals surface area contributed by atoms with Crippen molar-refractivity contribution in [3.05, 3.63) is 46.9 Å². The molecule has 19 heavy (non-hydrogen) atoms. The fourth-order valence-electron chi connectivity index (χ4n) is 1.67. The van der Waals surface area contributed by atoms with E-state index in [0.29, 0.717) is 5.57 Å². The predicted molar refractivity (Wildman–Crippen MR) is 76.3 cm³/mol. The minimum atomic E-state index is 0.136. The molecule has 1 rings (SSSR count). The first-order chi connectivity index (χ1) is 9.22. The second kappa shape index (κ2) is 7.95. The summed E-state index contributed by atoms with van der Waals surface area (Å²) in [6.45, 7) is 11.6. The minimum absolute atomic E-state index is 0.136. The van der Waals surface area contributed by atoms with Crippen LogP contribution in [0, 0.1) is 17.9 Å². The number of allylic oxidation sites excluding steroid dienone is 2. The fourth-order valence-corrected chi connectivity index (χ4v) is 1.67. The normalized spacial score (nSPS) is 11.2. The van der Waals surface area contributed by atoms with Gasteiger partial charge in [0.2, 0.25) is 0 Å². The molecule has 0 spiro atoms. The molecule has 98 valence electrons. The van der Waals surface area contributed by atoms with Crippen molar-refractivity contribution < 1.29 is 4.74 Å². The molecule has 0 N–H and O–H groups in total. The Kier molecular flexibility index (Phi) is 6.19. The van der Waals surface area contributed by atoms with Crippen molar-refractivity contribution in [3.63, 3.8) is 0 Å². The van der Waals surface area contributed by atoms with Crippen molar-refractivity contribution in [1.29, 1.82) is 5.26 Å². The van der Waals surface area contributed by atoms with Gasteiger partial charge in [-0.2, -0.15) is 0 Å². The zero-order valence-corrected chi connectivity index (χ0v) is 11.4. The lowest BCUT2D eigenvalue weighted by atomic mass is 10.1. The molecule has 3 heteroatoms. The van der Waals surface area contributed by atoms with Crippen molar-refractivity contribution in [2.24, 2.45) is 0 Å². The van der Waals surface area contributed by atoms with Gasteiger partial charge in [0.15, 0.2) is 0 Å². The summed E-state index contributed by atoms with van der Waals surface area (Å²) in [7, 11) is 0. The molecule has 0 aliphatic carbocycles. The van der Waals surface area contributed by atoms with Gasteiger partial charge in [0.25, 0.3) is 5.70 Å². The Morgan fingerprint density at radius 1 is 1.32 bits per heavy atom. The van der Waals surface area contributed by atoms with E-state index >= 15 is 0 Å². The van der Waals surface area contributed by atoms with E-state index in [1.165, 1.54) is 12.8 Å². The average Bonchev–Trinajstić information content (AvgIpc) is 2.45. The van der Waals surface area contributed by atoms with Crippen molar-refractivity contribution in [3.8, 4) is 11.8 Å². The monoisotopic (exact) mass is 254 g/mol. The van der Waals surface area contributed by atoms with Crippen molar-refractivity contribution >= 4 is 5.57 Å². The molecular formula is C16H18N2O. The Morgan fingerprint density at radius 3 is 2.53 bits per heavy atom. The highest BCUT2D eigenvalue weighted by molar-refractivity contribution is 5.71. The summed E-state index contributed by atoms with van der Waals surface area (Å²) in [5, 5.41) is 8.83. The quantitative estimate of drug-likeness (QED) is 0.428. The van der Waals surface area contributed by atoms with Gasteiger partial charge in [0, 0.05) is 0 Å². The number of hydrogen-bond donors (Lipinski definition) is 0. The van der Waals surface area contributed by atoms with Crippen molar-refractivity contribution in [2.75, 3.05) is 6.61 Å². The van der Waals surface area contributed by atoms with Gasteiger partial charge in [0.05, 0.1) is 19.2 Å². The molecular weight excluding hydrogens is 236 g/mol. The van der Waals surface area contributed by atoms with Gasteiger partial charge in [-0.3, -0.25) is 0 Å². The van der Waals surface area contributed by atoms with Crippen LogP contribution in [0.5, 0.6) is 5.75 Å². The van der Waals surface area contributed by atoms with Gasteiger partial charge >= 0.3 is 0 Å². The summed E-state index contributed by atoms with van der Waals surface area (Å²) in [6, 6.07) is 9.43. The Morgan fingerprint density at radius 2 is 2.00 bits per heavy atom. The van der Waals surface area contributed by atoms with Gasteiger partial charge in [-0.25, -0.2) is 10.1 Å². The maximum absolute atomic E-state index is 8.83. The van der Waals surface area contributed by atoms with Crippen molar-refractivity contribution in [1.82, 2.24) is 0 Å². The minimum Gasteiger partial charge on any atom is -0.494 e. The summed E-state index contributed by atoms with van der Waals surface area (Å²) in [5.41, 5.74) is 1.72. The molecule has 3 nitrogen and oxygen atoms in total. The van der Waals surface area contributed by atoms with Gasteiger partial charge in [-0.1, -0.05) is 31.9 Å². The van der Waals surface area contributed by atoms with Crippen LogP contribution in [0.4, 0.5) is 0 Å². The van der Waals surface area contributed by atoms with Crippen LogP contribution >= 0.6 is 0 Å². The Hall–Kier alpha value is -2.26. The molecule has 1 aromatic rings. The number of unbranched alkanes of at least 4 members (excludes halogenated alkanes) is 2. The van der Waals surface area contributed by atoms with Crippen LogP contribution in [-0.4, -0.2) is 6.61 Å². The third-order valence-corrected chi connectivity index (χ3v) is 2.88. The van der Waals surface area contributed by atoms with Crippen LogP contribution in [0.1, 0.15) is 38.7 Å². The molecule has 1 aromatic carbocycles. The number of benzene rings is 1. The van der Waals surface area contributed by atoms with Gasteiger partial charge in [-0.05, 0) is 36.6 Å². The third kappa shape index (κ3) is 4.48. The summed E-state index contributed by atoms with van der Waals surface area (Å²) < 4.78 is 5.61. The Balaban J connectivity index is 2.70. The molecule has 0 saturated heterocycles. The maximum Gasteiger partial charge on any atom is 0.265 e. The highest BCUT2D eigenvalue weighted by atomic mass is 16.5. The summed E-state index contributed by atoms with van der Waals surface area (Å²) in [4.78, 5) is 3.21. The van der Waals surface area contributed by atoms with E-state index in [2.05, 4.69) is 11.8 Å². The molecule has 0 aromatic heterocycles. The van der Waals surface area contributed by atoms with Crippen LogP contribution in [-0.2, 0) is 0 Å². The van der Waals surface area contributed by atoms with Gasteiger partial charge in [-0.15, -0.1) is 0 Å². The summed E-state index contributed by atoms with van der Waals surface area (Å²) in [5.74, 6) is 0.828. The second-order valence-corrected chi connectivity index (χ2v) is 4.28. The predicted octanol–water partition coefficient (Wildman–Crippen LogP) is 4.43. The van der Waals surface area contributed by atoms with E-state index in [1.807, 2.05) is 30.3 Å². The maximum atomic E-state index is 8.83. The van der Waals surface area contributed by atoms with Crippen LogP contribution in [0.2, 0.25) is 0 Å². The molecule has 0 saturated carbocycles. The topological polar surface area (TPSA) is 37.4 Å². The van der Waals surface area contributed by atoms with Gasteiger partial charge in [0.1, 0.15) is 5.75 Å². The molecule has 0 bridgehead atoms. The largest absolute Gasteiger partial charge is 0.494 e. The first kappa shape index (κ1) is 14.8. The second-order valence-electron chi connectivity index (χ2n) is 4.28. The molecule has 0 heterocycles. The Bertz CT molecular complexity index is 499. The first-order valence-corrected chi connectivity index (χ1v) is 6.44. The molecule has 0 aliphatic heterocycles. The fraction of sp³-hybridized carbons (Fsp3) is 0.375. The lowest BCUT2D eigenvalue weighted by molar-refractivity contribution is 0.306. The zero-order valence-electron chi connectivity index (χ0n) is 11.4. The number of rotatable bonds is 6. The molecule has 0 atom stereocenters. The van der Waals surface area contributed by atoms with Crippen LogP contribution in [0.15, 0.2) is 30.0 Å². The van der Waals surface area contributed by atoms with Crippen LogP contribution in [0.3, 0.4) is 0 Å². The van der Waals surface area contributed by atoms with E-state index < -0.39 is 0 Å². The van der Waals surface area contributed by atoms with E-state index in [1.54, 1.807) is 6.92 Å². The highest BCUT2D eigenvalue weighted by Gasteiger charge is 2.04. The highest BCUT2D eigenvalue weighted by Crippen LogP contribution is 2.21. The first-order valence-electron chi connectivity index (χ1n) is 6.44. The number of hydrogen-bond acceptors (Lipinski definition) is 2. The number of ether oxygens (including phenoxy) is 1. The standard InChI is InChI=1S/C16H18N2O/c1-4-5-6-11-19-15-9-7-14(8-10-15)13(2)16(12-17)18-3/h7-10H,4-6,11H2,1-2H3/b16-13+. The summed E-state index contributed by atoms with van der Waals surface area (Å²) in [6.07, 6.45) is 3.42. The molecule has 0 unspecified atom stereocenters. The van der Waals surface area contributed by atoms with E-state index in [-0.39, 0.29) is 5.70 Å². The summed E-state index contributed by atoms with van der Waals surface area (Å²) >= 11 is 0. The molecule has 0 radical (unpaired) electrons. The number of nitrogens with zero attached hydrogens (tertiary/aromatic N) is 2. The van der Waals surface area contributed by atoms with Crippen molar-refractivity contribution in [2.45, 2.75) is 33.1 Å². The van der Waals surface area contributed by atoms with Crippen LogP contribution < -0.4 is 4.74 Å². The van der Waals surface area contributed by atoms with E-state index in [4.69, 9.17) is 16.6 Å². The SMILES string of the molecule is [C-]#[N+]/C(C#N)=C(\C)c1ccc(OCCCCC)cc1. The van der Waals surface area contributed by atoms with E-state index in [0.717, 1.165) is 24.3 Å². The lowest BCUT2D eigenvalue weighted by Crippen LogP contribution is -1.96. The average molecular weight is 254 g/mol. The molecule has 0 fully saturated rings.